The zero-order valence-corrected chi connectivity index (χ0v) is 18.1. The number of carbonyl (C=O) groups excluding carboxylic acids is 1. The van der Waals surface area contributed by atoms with Gasteiger partial charge in [0.2, 0.25) is 0 Å². The summed E-state index contributed by atoms with van der Waals surface area (Å²) >= 11 is 0. The van der Waals surface area contributed by atoms with Crippen LogP contribution in [0, 0.1) is 5.92 Å². The van der Waals surface area contributed by atoms with Gasteiger partial charge in [-0.1, -0.05) is 6.07 Å². The quantitative estimate of drug-likeness (QED) is 0.506. The molecule has 166 valence electrons. The van der Waals surface area contributed by atoms with Gasteiger partial charge in [-0.15, -0.1) is 0 Å². The highest BCUT2D eigenvalue weighted by molar-refractivity contribution is 5.79. The molecule has 1 atom stereocenters. The summed E-state index contributed by atoms with van der Waals surface area (Å²) in [5.41, 5.74) is 1.23. The van der Waals surface area contributed by atoms with Gasteiger partial charge < -0.3 is 24.2 Å². The molecule has 0 aromatic heterocycles. The SMILES string of the molecule is CCOC(=O)[C@@H]1CCCN(c2c(N3CCN(c4cccc(OC)c4)CC3)c(=O)c2=O)C1. The fourth-order valence-electron chi connectivity index (χ4n) is 4.58. The molecule has 0 unspecified atom stereocenters. The molecule has 0 bridgehead atoms. The number of nitrogens with zero attached hydrogens (tertiary/aromatic N) is 3. The Labute approximate surface area is 181 Å². The Balaban J connectivity index is 1.46. The van der Waals surface area contributed by atoms with E-state index < -0.39 is 10.9 Å². The summed E-state index contributed by atoms with van der Waals surface area (Å²) in [5.74, 6) is 0.334. The van der Waals surface area contributed by atoms with E-state index >= 15 is 0 Å². The third kappa shape index (κ3) is 4.11. The van der Waals surface area contributed by atoms with Gasteiger partial charge in [0.1, 0.15) is 17.1 Å². The molecule has 0 radical (unpaired) electrons. The van der Waals surface area contributed by atoms with Crippen molar-refractivity contribution in [3.63, 3.8) is 0 Å². The fraction of sp³-hybridized carbons (Fsp3) is 0.522. The van der Waals surface area contributed by atoms with Crippen molar-refractivity contribution < 1.29 is 14.3 Å². The minimum Gasteiger partial charge on any atom is -0.497 e. The number of esters is 1. The van der Waals surface area contributed by atoms with E-state index in [4.69, 9.17) is 9.47 Å². The molecule has 2 aromatic rings. The monoisotopic (exact) mass is 427 g/mol. The Morgan fingerprint density at radius 3 is 2.35 bits per heavy atom. The Hall–Kier alpha value is -3.03. The lowest BCUT2D eigenvalue weighted by Crippen LogP contribution is -2.54. The average Bonchev–Trinajstić information content (AvgIpc) is 2.82. The van der Waals surface area contributed by atoms with Gasteiger partial charge in [-0.05, 0) is 31.9 Å². The lowest BCUT2D eigenvalue weighted by molar-refractivity contribution is -0.148. The zero-order chi connectivity index (χ0) is 22.0. The zero-order valence-electron chi connectivity index (χ0n) is 18.1. The van der Waals surface area contributed by atoms with Crippen molar-refractivity contribution in [1.29, 1.82) is 0 Å². The first kappa shape index (κ1) is 21.2. The van der Waals surface area contributed by atoms with E-state index in [2.05, 4.69) is 4.90 Å². The van der Waals surface area contributed by atoms with Crippen molar-refractivity contribution in [3.8, 4) is 5.75 Å². The molecular formula is C23H29N3O5. The van der Waals surface area contributed by atoms with Crippen LogP contribution in [0.1, 0.15) is 19.8 Å². The molecule has 0 N–H and O–H groups in total. The molecular weight excluding hydrogens is 398 g/mol. The van der Waals surface area contributed by atoms with Crippen molar-refractivity contribution in [2.75, 3.05) is 67.7 Å². The summed E-state index contributed by atoms with van der Waals surface area (Å²) in [6, 6.07) is 7.93. The summed E-state index contributed by atoms with van der Waals surface area (Å²) in [5, 5.41) is 0. The third-order valence-electron chi connectivity index (χ3n) is 6.23. The number of rotatable bonds is 6. The van der Waals surface area contributed by atoms with Crippen molar-refractivity contribution in [1.82, 2.24) is 0 Å². The van der Waals surface area contributed by atoms with E-state index in [0.717, 1.165) is 37.4 Å². The van der Waals surface area contributed by atoms with Gasteiger partial charge >= 0.3 is 5.97 Å². The van der Waals surface area contributed by atoms with Gasteiger partial charge in [0.05, 0.1) is 19.6 Å². The Bertz CT molecular complexity index is 1010. The molecule has 2 aliphatic heterocycles. The maximum Gasteiger partial charge on any atom is 0.310 e. The lowest BCUT2D eigenvalue weighted by Gasteiger charge is -2.41. The van der Waals surface area contributed by atoms with Crippen molar-refractivity contribution in [2.45, 2.75) is 19.8 Å². The summed E-state index contributed by atoms with van der Waals surface area (Å²) in [7, 11) is 1.65. The Kier molecular flexibility index (Phi) is 6.15. The number of ether oxygens (including phenoxy) is 2. The van der Waals surface area contributed by atoms with E-state index in [1.807, 2.05) is 34.1 Å². The highest BCUT2D eigenvalue weighted by Crippen LogP contribution is 2.31. The minimum atomic E-state index is -0.435. The number of piperidine rings is 1. The largest absolute Gasteiger partial charge is 0.497 e. The third-order valence-corrected chi connectivity index (χ3v) is 6.23. The number of piperazine rings is 1. The highest BCUT2D eigenvalue weighted by atomic mass is 16.5. The molecule has 8 heteroatoms. The van der Waals surface area contributed by atoms with Gasteiger partial charge in [0, 0.05) is 51.0 Å². The van der Waals surface area contributed by atoms with Crippen LogP contribution in [0.4, 0.5) is 17.1 Å². The Morgan fingerprint density at radius 2 is 1.68 bits per heavy atom. The maximum absolute atomic E-state index is 12.5. The van der Waals surface area contributed by atoms with Gasteiger partial charge in [0.25, 0.3) is 10.9 Å². The summed E-state index contributed by atoms with van der Waals surface area (Å²) in [6.45, 7) is 6.05. The smallest absolute Gasteiger partial charge is 0.310 e. The van der Waals surface area contributed by atoms with E-state index in [9.17, 15) is 14.4 Å². The number of methoxy groups -OCH3 is 1. The van der Waals surface area contributed by atoms with Crippen molar-refractivity contribution >= 4 is 23.0 Å². The van der Waals surface area contributed by atoms with Gasteiger partial charge in [-0.25, -0.2) is 0 Å². The first-order valence-electron chi connectivity index (χ1n) is 10.9. The molecule has 2 saturated heterocycles. The number of benzene rings is 1. The first-order valence-corrected chi connectivity index (χ1v) is 10.9. The van der Waals surface area contributed by atoms with Crippen LogP contribution in [0.25, 0.3) is 0 Å². The summed E-state index contributed by atoms with van der Waals surface area (Å²) in [6.07, 6.45) is 1.55. The van der Waals surface area contributed by atoms with E-state index in [-0.39, 0.29) is 11.9 Å². The first-order chi connectivity index (χ1) is 15.0. The molecule has 2 heterocycles. The topological polar surface area (TPSA) is 79.4 Å². The fourth-order valence-corrected chi connectivity index (χ4v) is 4.58. The van der Waals surface area contributed by atoms with Gasteiger partial charge in [-0.2, -0.15) is 0 Å². The molecule has 31 heavy (non-hydrogen) atoms. The average molecular weight is 428 g/mol. The second-order valence-corrected chi connectivity index (χ2v) is 8.07. The molecule has 0 saturated carbocycles. The number of carbonyl (C=O) groups is 1. The van der Waals surface area contributed by atoms with Crippen LogP contribution in [-0.4, -0.2) is 59.0 Å². The molecule has 0 amide bonds. The summed E-state index contributed by atoms with van der Waals surface area (Å²) < 4.78 is 10.5. The normalized spacial score (nSPS) is 19.5. The number of hydrogen-bond acceptors (Lipinski definition) is 8. The van der Waals surface area contributed by atoms with E-state index in [1.165, 1.54) is 0 Å². The van der Waals surface area contributed by atoms with Crippen molar-refractivity contribution in [2.24, 2.45) is 5.92 Å². The molecule has 0 spiro atoms. The van der Waals surface area contributed by atoms with Crippen LogP contribution in [0.3, 0.4) is 0 Å². The van der Waals surface area contributed by atoms with Crippen LogP contribution >= 0.6 is 0 Å². The number of hydrogen-bond donors (Lipinski definition) is 0. The summed E-state index contributed by atoms with van der Waals surface area (Å²) in [4.78, 5) is 43.3. The molecule has 8 nitrogen and oxygen atoms in total. The Morgan fingerprint density at radius 1 is 1.00 bits per heavy atom. The molecule has 0 aliphatic carbocycles. The second kappa shape index (κ2) is 8.99. The number of anilines is 3. The predicted molar refractivity (Wildman–Crippen MR) is 120 cm³/mol. The van der Waals surface area contributed by atoms with Crippen LogP contribution < -0.4 is 30.3 Å². The van der Waals surface area contributed by atoms with Crippen LogP contribution in [0.5, 0.6) is 5.75 Å². The van der Waals surface area contributed by atoms with Gasteiger partial charge in [0.15, 0.2) is 0 Å². The van der Waals surface area contributed by atoms with Crippen molar-refractivity contribution in [3.05, 3.63) is 44.7 Å². The molecule has 2 fully saturated rings. The van der Waals surface area contributed by atoms with Crippen LogP contribution in [0.15, 0.2) is 33.9 Å². The molecule has 2 aliphatic rings. The van der Waals surface area contributed by atoms with Gasteiger partial charge in [-0.3, -0.25) is 14.4 Å². The molecule has 2 aromatic carbocycles. The molecule has 4 rings (SSSR count). The lowest BCUT2D eigenvalue weighted by atomic mass is 9.96. The van der Waals surface area contributed by atoms with Crippen LogP contribution in [-0.2, 0) is 9.53 Å². The van der Waals surface area contributed by atoms with Crippen LogP contribution in [0.2, 0.25) is 0 Å². The maximum atomic E-state index is 12.5. The van der Waals surface area contributed by atoms with E-state index in [1.54, 1.807) is 14.0 Å². The minimum absolute atomic E-state index is 0.223. The highest BCUT2D eigenvalue weighted by Gasteiger charge is 2.35. The van der Waals surface area contributed by atoms with E-state index in [0.29, 0.717) is 44.2 Å². The predicted octanol–water partition coefficient (Wildman–Crippen LogP) is 1.40. The standard InChI is InChI=1S/C23H29N3O5/c1-3-31-23(29)16-6-5-9-26(15-16)20-19(21(27)22(20)28)25-12-10-24(11-13-25)17-7-4-8-18(14-17)30-2/h4,7-8,14,16H,3,5-6,9-13,15H2,1-2H3/t16-/m1/s1. The second-order valence-electron chi connectivity index (χ2n) is 8.07.